The molecule has 1 nitrogen and oxygen atoms in total. The molecule has 0 saturated heterocycles. The van der Waals surface area contributed by atoms with Crippen LogP contribution in [-0.4, -0.2) is 0 Å². The molecule has 0 aliphatic carbocycles. The van der Waals surface area contributed by atoms with Crippen molar-refractivity contribution in [3.63, 3.8) is 0 Å². The van der Waals surface area contributed by atoms with Crippen molar-refractivity contribution in [2.45, 2.75) is 0 Å². The van der Waals surface area contributed by atoms with E-state index in [0.717, 1.165) is 16.6 Å². The van der Waals surface area contributed by atoms with Gasteiger partial charge in [0.15, 0.2) is 0 Å². The van der Waals surface area contributed by atoms with E-state index in [1.807, 2.05) is 11.3 Å². The number of thiophene rings is 1. The van der Waals surface area contributed by atoms with Crippen LogP contribution in [0.4, 0.5) is 0 Å². The Morgan fingerprint density at radius 2 is 1.00 bits per heavy atom. The van der Waals surface area contributed by atoms with Gasteiger partial charge in [-0.15, -0.1) is 11.3 Å². The smallest absolute Gasteiger partial charge is 0.136 e. The van der Waals surface area contributed by atoms with Gasteiger partial charge in [-0.3, -0.25) is 0 Å². The Labute approximate surface area is 269 Å². The second kappa shape index (κ2) is 9.90. The topological polar surface area (TPSA) is 13.1 Å². The van der Waals surface area contributed by atoms with Gasteiger partial charge in [0.25, 0.3) is 0 Å². The maximum absolute atomic E-state index is 6.65. The highest BCUT2D eigenvalue weighted by Crippen LogP contribution is 2.52. The molecule has 0 amide bonds. The van der Waals surface area contributed by atoms with Crippen molar-refractivity contribution < 1.29 is 4.42 Å². The summed E-state index contributed by atoms with van der Waals surface area (Å²) in [6.45, 7) is 0. The minimum Gasteiger partial charge on any atom is -0.456 e. The molecule has 0 bridgehead atoms. The van der Waals surface area contributed by atoms with Crippen molar-refractivity contribution in [3.8, 4) is 33.4 Å². The quantitative estimate of drug-likeness (QED) is 0.183. The van der Waals surface area contributed by atoms with E-state index in [4.69, 9.17) is 4.42 Å². The molecule has 0 atom stereocenters. The van der Waals surface area contributed by atoms with Crippen LogP contribution in [0.25, 0.3) is 97.7 Å². The van der Waals surface area contributed by atoms with E-state index < -0.39 is 0 Å². The Hall–Kier alpha value is -5.70. The Morgan fingerprint density at radius 1 is 0.391 bits per heavy atom. The van der Waals surface area contributed by atoms with E-state index in [9.17, 15) is 0 Å². The molecule has 0 saturated carbocycles. The molecule has 0 spiro atoms. The van der Waals surface area contributed by atoms with Gasteiger partial charge in [-0.2, -0.15) is 0 Å². The summed E-state index contributed by atoms with van der Waals surface area (Å²) in [5, 5.41) is 13.4. The van der Waals surface area contributed by atoms with Crippen LogP contribution in [-0.2, 0) is 0 Å². The number of para-hydroxylation sites is 1. The lowest BCUT2D eigenvalue weighted by Crippen LogP contribution is -1.92. The normalized spacial score (nSPS) is 11.9. The first-order valence-corrected chi connectivity index (χ1v) is 16.6. The summed E-state index contributed by atoms with van der Waals surface area (Å²) in [5.41, 5.74) is 9.32. The zero-order valence-electron chi connectivity index (χ0n) is 24.8. The Morgan fingerprint density at radius 3 is 1.74 bits per heavy atom. The summed E-state index contributed by atoms with van der Waals surface area (Å²) >= 11 is 1.83. The van der Waals surface area contributed by atoms with Crippen LogP contribution in [0.15, 0.2) is 161 Å². The lowest BCUT2D eigenvalue weighted by Gasteiger charge is -2.19. The van der Waals surface area contributed by atoms with Crippen molar-refractivity contribution in [1.29, 1.82) is 0 Å². The Kier molecular flexibility index (Phi) is 5.51. The molecular weight excluding hydrogens is 577 g/mol. The van der Waals surface area contributed by atoms with Crippen molar-refractivity contribution in [3.05, 3.63) is 157 Å². The molecule has 8 aromatic carbocycles. The summed E-state index contributed by atoms with van der Waals surface area (Å²) in [6, 6.07) is 54.9. The molecule has 0 unspecified atom stereocenters. The summed E-state index contributed by atoms with van der Waals surface area (Å²) in [7, 11) is 0. The van der Waals surface area contributed by atoms with Crippen molar-refractivity contribution in [1.82, 2.24) is 0 Å². The van der Waals surface area contributed by atoms with Gasteiger partial charge < -0.3 is 4.42 Å². The monoisotopic (exact) mass is 602 g/mol. The third kappa shape index (κ3) is 3.68. The van der Waals surface area contributed by atoms with Crippen LogP contribution < -0.4 is 0 Å². The number of fused-ring (bicyclic) bond motifs is 7. The van der Waals surface area contributed by atoms with E-state index in [0.29, 0.717) is 0 Å². The second-order valence-corrected chi connectivity index (χ2v) is 12.9. The van der Waals surface area contributed by atoms with E-state index in [-0.39, 0.29) is 0 Å². The predicted molar refractivity (Wildman–Crippen MR) is 198 cm³/mol. The lowest BCUT2D eigenvalue weighted by atomic mass is 9.84. The fraction of sp³-hybridized carbons (Fsp3) is 0. The molecule has 2 heteroatoms. The number of furan rings is 1. The average molecular weight is 603 g/mol. The average Bonchev–Trinajstić information content (AvgIpc) is 3.71. The molecule has 0 aliphatic heterocycles. The molecule has 2 heterocycles. The van der Waals surface area contributed by atoms with E-state index in [1.54, 1.807) is 0 Å². The maximum atomic E-state index is 6.65. The largest absolute Gasteiger partial charge is 0.456 e. The first kappa shape index (κ1) is 25.6. The van der Waals surface area contributed by atoms with Crippen molar-refractivity contribution in [2.75, 3.05) is 0 Å². The van der Waals surface area contributed by atoms with Gasteiger partial charge >= 0.3 is 0 Å². The molecule has 0 radical (unpaired) electrons. The van der Waals surface area contributed by atoms with Crippen LogP contribution in [0.3, 0.4) is 0 Å². The number of benzene rings is 8. The summed E-state index contributed by atoms with van der Waals surface area (Å²) in [6.07, 6.45) is 0. The lowest BCUT2D eigenvalue weighted by molar-refractivity contribution is 0.669. The molecule has 0 aliphatic rings. The fourth-order valence-corrected chi connectivity index (χ4v) is 8.62. The van der Waals surface area contributed by atoms with Gasteiger partial charge in [-0.05, 0) is 78.2 Å². The molecule has 10 rings (SSSR count). The van der Waals surface area contributed by atoms with E-state index in [2.05, 4.69) is 157 Å². The zero-order valence-corrected chi connectivity index (χ0v) is 25.6. The number of hydrogen-bond donors (Lipinski definition) is 0. The minimum absolute atomic E-state index is 0.916. The number of hydrogen-bond acceptors (Lipinski definition) is 2. The van der Waals surface area contributed by atoms with Crippen LogP contribution >= 0.6 is 11.3 Å². The van der Waals surface area contributed by atoms with Crippen LogP contribution in [0, 0.1) is 0 Å². The molecule has 0 N–H and O–H groups in total. The van der Waals surface area contributed by atoms with Gasteiger partial charge in [0.1, 0.15) is 11.2 Å². The van der Waals surface area contributed by atoms with Gasteiger partial charge in [-0.1, -0.05) is 133 Å². The standard InChI is InChI=1S/C44H26OS/c1-2-13-28(14-3-1)37-26-46-44-36(37)25-39-42(35-20-10-11-21-38(35)45-39)43(44)41-33-18-8-6-16-31(33)40(32-17-7-9-19-34(32)41)30-23-22-27-12-4-5-15-29(27)24-30/h1-26H. The van der Waals surface area contributed by atoms with Crippen LogP contribution in [0.1, 0.15) is 0 Å². The third-order valence-corrected chi connectivity index (χ3v) is 10.5. The van der Waals surface area contributed by atoms with Gasteiger partial charge in [0.2, 0.25) is 0 Å². The highest BCUT2D eigenvalue weighted by atomic mass is 32.1. The Balaban J connectivity index is 1.40. The van der Waals surface area contributed by atoms with E-state index >= 15 is 0 Å². The summed E-state index contributed by atoms with van der Waals surface area (Å²) < 4.78 is 7.93. The SMILES string of the molecule is c1ccc(-c2csc3c(-c4c5ccccc5c(-c5ccc6ccccc6c5)c5ccccc45)c4c(cc23)oc2ccccc24)cc1. The molecule has 214 valence electrons. The molecule has 2 aromatic heterocycles. The fourth-order valence-electron chi connectivity index (χ4n) is 7.51. The summed E-state index contributed by atoms with van der Waals surface area (Å²) in [4.78, 5) is 0. The van der Waals surface area contributed by atoms with Crippen LogP contribution in [0.5, 0.6) is 0 Å². The molecular formula is C44H26OS. The number of rotatable bonds is 3. The van der Waals surface area contributed by atoms with Crippen molar-refractivity contribution in [2.24, 2.45) is 0 Å². The van der Waals surface area contributed by atoms with Gasteiger partial charge in [0, 0.05) is 32.0 Å². The Bertz CT molecular complexity index is 2740. The van der Waals surface area contributed by atoms with E-state index in [1.165, 1.54) is 81.2 Å². The zero-order chi connectivity index (χ0) is 30.2. The summed E-state index contributed by atoms with van der Waals surface area (Å²) in [5.74, 6) is 0. The van der Waals surface area contributed by atoms with Gasteiger partial charge in [-0.25, -0.2) is 0 Å². The first-order chi connectivity index (χ1) is 22.8. The first-order valence-electron chi connectivity index (χ1n) is 15.7. The predicted octanol–water partition coefficient (Wildman–Crippen LogP) is 13.3. The molecule has 10 aromatic rings. The third-order valence-electron chi connectivity index (χ3n) is 9.51. The molecule has 46 heavy (non-hydrogen) atoms. The second-order valence-electron chi connectivity index (χ2n) is 12.0. The highest BCUT2D eigenvalue weighted by Gasteiger charge is 2.24. The molecule has 0 fully saturated rings. The van der Waals surface area contributed by atoms with Crippen LogP contribution in [0.2, 0.25) is 0 Å². The van der Waals surface area contributed by atoms with Crippen molar-refractivity contribution >= 4 is 75.7 Å². The van der Waals surface area contributed by atoms with Gasteiger partial charge in [0.05, 0.1) is 0 Å². The maximum Gasteiger partial charge on any atom is 0.136 e. The minimum atomic E-state index is 0.916. The highest BCUT2D eigenvalue weighted by molar-refractivity contribution is 7.18.